The molecular formula is C17H28O3. The van der Waals surface area contributed by atoms with Gasteiger partial charge in [0, 0.05) is 6.92 Å². The lowest BCUT2D eigenvalue weighted by Gasteiger charge is -2.30. The largest absolute Gasteiger partial charge is 0.461 e. The first-order chi connectivity index (χ1) is 9.40. The summed E-state index contributed by atoms with van der Waals surface area (Å²) in [5, 5.41) is 10.1. The smallest absolute Gasteiger partial charge is 0.302 e. The highest BCUT2D eigenvalue weighted by Gasteiger charge is 2.26. The topological polar surface area (TPSA) is 46.5 Å². The predicted molar refractivity (Wildman–Crippen MR) is 81.3 cm³/mol. The number of esters is 1. The lowest BCUT2D eigenvalue weighted by Crippen LogP contribution is -2.28. The van der Waals surface area contributed by atoms with Gasteiger partial charge in [0.15, 0.2) is 0 Å². The summed E-state index contributed by atoms with van der Waals surface area (Å²) in [6.07, 6.45) is 8.08. The van der Waals surface area contributed by atoms with E-state index in [-0.39, 0.29) is 12.1 Å². The average Bonchev–Trinajstić information content (AvgIpc) is 2.36. The fourth-order valence-corrected chi connectivity index (χ4v) is 2.77. The van der Waals surface area contributed by atoms with Crippen LogP contribution in [0.4, 0.5) is 0 Å². The molecule has 20 heavy (non-hydrogen) atoms. The van der Waals surface area contributed by atoms with Gasteiger partial charge in [0.2, 0.25) is 0 Å². The highest BCUT2D eigenvalue weighted by Crippen LogP contribution is 2.31. The number of ether oxygens (including phenoxy) is 1. The fourth-order valence-electron chi connectivity index (χ4n) is 2.77. The van der Waals surface area contributed by atoms with Crippen molar-refractivity contribution < 1.29 is 14.6 Å². The highest BCUT2D eigenvalue weighted by molar-refractivity contribution is 5.66. The van der Waals surface area contributed by atoms with Crippen molar-refractivity contribution in [1.29, 1.82) is 0 Å². The first-order valence-electron chi connectivity index (χ1n) is 7.54. The second-order valence-corrected chi connectivity index (χ2v) is 6.09. The van der Waals surface area contributed by atoms with Crippen LogP contribution in [0, 0.1) is 11.8 Å². The van der Waals surface area contributed by atoms with Crippen LogP contribution in [0.15, 0.2) is 23.3 Å². The van der Waals surface area contributed by atoms with Gasteiger partial charge < -0.3 is 9.84 Å². The van der Waals surface area contributed by atoms with Crippen LogP contribution in [0.5, 0.6) is 0 Å². The van der Waals surface area contributed by atoms with Gasteiger partial charge >= 0.3 is 5.97 Å². The van der Waals surface area contributed by atoms with Crippen LogP contribution >= 0.6 is 0 Å². The van der Waals surface area contributed by atoms with Gasteiger partial charge in [-0.25, -0.2) is 0 Å². The second kappa shape index (κ2) is 8.25. The van der Waals surface area contributed by atoms with Gasteiger partial charge in [0.05, 0.1) is 6.10 Å². The predicted octanol–water partition coefficient (Wildman–Crippen LogP) is 3.63. The fraction of sp³-hybridized carbons (Fsp3) is 0.706. The monoisotopic (exact) mass is 280 g/mol. The zero-order chi connectivity index (χ0) is 15.1. The Hall–Kier alpha value is -1.09. The molecule has 0 saturated carbocycles. The van der Waals surface area contributed by atoms with Gasteiger partial charge in [-0.15, -0.1) is 0 Å². The van der Waals surface area contributed by atoms with Gasteiger partial charge in [0.1, 0.15) is 6.61 Å². The Morgan fingerprint density at radius 2 is 2.25 bits per heavy atom. The second-order valence-electron chi connectivity index (χ2n) is 6.09. The van der Waals surface area contributed by atoms with E-state index >= 15 is 0 Å². The Labute approximate surface area is 122 Å². The molecule has 1 rings (SSSR count). The Morgan fingerprint density at radius 3 is 2.85 bits per heavy atom. The normalized spacial score (nSPS) is 25.1. The molecule has 3 nitrogen and oxygen atoms in total. The summed E-state index contributed by atoms with van der Waals surface area (Å²) in [5.41, 5.74) is 2.39. The van der Waals surface area contributed by atoms with Crippen LogP contribution in [-0.4, -0.2) is 23.8 Å². The summed E-state index contributed by atoms with van der Waals surface area (Å²) in [6, 6.07) is 0. The molecule has 0 radical (unpaired) electrons. The molecule has 0 bridgehead atoms. The first-order valence-corrected chi connectivity index (χ1v) is 7.54. The maximum absolute atomic E-state index is 10.7. The summed E-state index contributed by atoms with van der Waals surface area (Å²) >= 11 is 0. The van der Waals surface area contributed by atoms with Gasteiger partial charge in [-0.2, -0.15) is 0 Å². The molecule has 114 valence electrons. The van der Waals surface area contributed by atoms with Crippen molar-refractivity contribution in [2.75, 3.05) is 6.61 Å². The summed E-state index contributed by atoms with van der Waals surface area (Å²) in [6.45, 7) is 8.10. The zero-order valence-corrected chi connectivity index (χ0v) is 13.2. The maximum Gasteiger partial charge on any atom is 0.302 e. The average molecular weight is 280 g/mol. The molecule has 3 atom stereocenters. The van der Waals surface area contributed by atoms with Gasteiger partial charge in [0.25, 0.3) is 0 Å². The molecule has 0 saturated heterocycles. The molecular weight excluding hydrogens is 252 g/mol. The molecule has 3 heteroatoms. The number of hydrogen-bond donors (Lipinski definition) is 1. The summed E-state index contributed by atoms with van der Waals surface area (Å²) in [4.78, 5) is 10.7. The number of allylic oxidation sites excluding steroid dienone is 2. The van der Waals surface area contributed by atoms with E-state index in [0.717, 1.165) is 31.3 Å². The molecule has 0 heterocycles. The van der Waals surface area contributed by atoms with Crippen LogP contribution in [0.1, 0.15) is 53.4 Å². The minimum Gasteiger partial charge on any atom is -0.461 e. The molecule has 0 aliphatic heterocycles. The number of carbonyl (C=O) groups excluding carboxylic acids is 1. The van der Waals surface area contributed by atoms with Crippen molar-refractivity contribution in [3.63, 3.8) is 0 Å². The SMILES string of the molecule is CC(=O)OCC(C)=CCCC(C)C1CCC(C)=CC1O. The van der Waals surface area contributed by atoms with Crippen LogP contribution in [0.3, 0.4) is 0 Å². The molecule has 0 amide bonds. The molecule has 0 spiro atoms. The molecule has 0 aromatic carbocycles. The number of carbonyl (C=O) groups is 1. The van der Waals surface area contributed by atoms with E-state index in [9.17, 15) is 9.90 Å². The maximum atomic E-state index is 10.7. The summed E-state index contributed by atoms with van der Waals surface area (Å²) in [5.74, 6) is 0.645. The van der Waals surface area contributed by atoms with E-state index in [1.54, 1.807) is 0 Å². The van der Waals surface area contributed by atoms with Crippen LogP contribution < -0.4 is 0 Å². The van der Waals surface area contributed by atoms with E-state index in [1.165, 1.54) is 12.5 Å². The Kier molecular flexibility index (Phi) is 7.00. The zero-order valence-electron chi connectivity index (χ0n) is 13.2. The van der Waals surface area contributed by atoms with Crippen molar-refractivity contribution in [3.05, 3.63) is 23.3 Å². The highest BCUT2D eigenvalue weighted by atomic mass is 16.5. The molecule has 0 aromatic rings. The minimum absolute atomic E-state index is 0.237. The van der Waals surface area contributed by atoms with E-state index < -0.39 is 0 Å². The Bertz CT molecular complexity index is 382. The van der Waals surface area contributed by atoms with Crippen molar-refractivity contribution in [2.24, 2.45) is 11.8 Å². The minimum atomic E-state index is -0.287. The van der Waals surface area contributed by atoms with Gasteiger partial charge in [-0.05, 0) is 56.9 Å². The van der Waals surface area contributed by atoms with E-state index in [0.29, 0.717) is 18.4 Å². The number of aliphatic hydroxyl groups excluding tert-OH is 1. The number of hydrogen-bond acceptors (Lipinski definition) is 3. The van der Waals surface area contributed by atoms with Gasteiger partial charge in [-0.1, -0.05) is 24.6 Å². The molecule has 1 aliphatic rings. The Balaban J connectivity index is 2.34. The van der Waals surface area contributed by atoms with Crippen molar-refractivity contribution in [2.45, 2.75) is 59.5 Å². The van der Waals surface area contributed by atoms with E-state index in [4.69, 9.17) is 4.74 Å². The molecule has 1 aliphatic carbocycles. The number of rotatable bonds is 6. The summed E-state index contributed by atoms with van der Waals surface area (Å²) in [7, 11) is 0. The third-order valence-corrected chi connectivity index (χ3v) is 4.11. The quantitative estimate of drug-likeness (QED) is 0.597. The lowest BCUT2D eigenvalue weighted by molar-refractivity contribution is -0.139. The van der Waals surface area contributed by atoms with Crippen LogP contribution in [-0.2, 0) is 9.53 Å². The van der Waals surface area contributed by atoms with Crippen molar-refractivity contribution >= 4 is 5.97 Å². The molecule has 0 aromatic heterocycles. The first kappa shape index (κ1) is 17.0. The van der Waals surface area contributed by atoms with Gasteiger partial charge in [-0.3, -0.25) is 4.79 Å². The van der Waals surface area contributed by atoms with Crippen LogP contribution in [0.2, 0.25) is 0 Å². The molecule has 0 fully saturated rings. The Morgan fingerprint density at radius 1 is 1.55 bits per heavy atom. The van der Waals surface area contributed by atoms with Crippen molar-refractivity contribution in [1.82, 2.24) is 0 Å². The lowest BCUT2D eigenvalue weighted by atomic mass is 9.78. The molecule has 1 N–H and O–H groups in total. The molecule has 3 unspecified atom stereocenters. The van der Waals surface area contributed by atoms with Crippen LogP contribution in [0.25, 0.3) is 0 Å². The standard InChI is InChI=1S/C17H28O3/c1-12-8-9-16(17(19)10-12)14(3)7-5-6-13(2)11-20-15(4)18/h6,10,14,16-17,19H,5,7-9,11H2,1-4H3. The van der Waals surface area contributed by atoms with E-state index in [2.05, 4.69) is 19.9 Å². The third kappa shape index (κ3) is 5.91. The number of aliphatic hydroxyl groups is 1. The summed E-state index contributed by atoms with van der Waals surface area (Å²) < 4.78 is 4.95. The van der Waals surface area contributed by atoms with Crippen molar-refractivity contribution in [3.8, 4) is 0 Å². The third-order valence-electron chi connectivity index (χ3n) is 4.11. The van der Waals surface area contributed by atoms with E-state index in [1.807, 2.05) is 13.0 Å².